The molecule has 0 radical (unpaired) electrons. The molecule has 2 aliphatic rings. The fourth-order valence-electron chi connectivity index (χ4n) is 3.75. The van der Waals surface area contributed by atoms with E-state index in [4.69, 9.17) is 34.8 Å². The Morgan fingerprint density at radius 3 is 2.53 bits per heavy atom. The number of nitrogens with zero attached hydrogens (tertiary/aromatic N) is 3. The van der Waals surface area contributed by atoms with Crippen molar-refractivity contribution in [1.29, 1.82) is 0 Å². The van der Waals surface area contributed by atoms with Gasteiger partial charge in [-0.3, -0.25) is 15.2 Å². The molecule has 1 fully saturated rings. The molecule has 2 N–H and O–H groups in total. The van der Waals surface area contributed by atoms with Gasteiger partial charge in [0.05, 0.1) is 22.9 Å². The SMILES string of the molecule is O=C(NN1CCCC(O)C1)C1=NN(c2ccc(Cl)cc2Cl)C(c2ccc(Cl)cc2)C1. The van der Waals surface area contributed by atoms with Gasteiger partial charge in [0.15, 0.2) is 0 Å². The van der Waals surface area contributed by atoms with Crippen LogP contribution in [0, 0.1) is 0 Å². The van der Waals surface area contributed by atoms with Gasteiger partial charge in [0.1, 0.15) is 5.71 Å². The van der Waals surface area contributed by atoms with Crippen molar-refractivity contribution in [3.05, 3.63) is 63.1 Å². The van der Waals surface area contributed by atoms with E-state index in [1.807, 2.05) is 24.3 Å². The number of benzene rings is 2. The summed E-state index contributed by atoms with van der Waals surface area (Å²) >= 11 is 18.5. The summed E-state index contributed by atoms with van der Waals surface area (Å²) in [6.07, 6.45) is 1.54. The third-order valence-electron chi connectivity index (χ3n) is 5.24. The standard InChI is InChI=1S/C21H21Cl3N4O2/c22-14-5-3-13(4-6-14)20-11-18(21(30)26-27-9-1-2-16(29)12-27)25-28(20)19-8-7-15(23)10-17(19)24/h3-8,10,16,20,29H,1-2,9,11-12H2,(H,26,30). The molecule has 2 aliphatic heterocycles. The summed E-state index contributed by atoms with van der Waals surface area (Å²) in [4.78, 5) is 12.9. The molecule has 2 aromatic rings. The van der Waals surface area contributed by atoms with Crippen molar-refractivity contribution in [3.8, 4) is 0 Å². The van der Waals surface area contributed by atoms with E-state index >= 15 is 0 Å². The topological polar surface area (TPSA) is 68.2 Å². The van der Waals surface area contributed by atoms with Crippen molar-refractivity contribution in [2.75, 3.05) is 18.1 Å². The largest absolute Gasteiger partial charge is 0.392 e. The summed E-state index contributed by atoms with van der Waals surface area (Å²) in [6.45, 7) is 1.11. The maximum absolute atomic E-state index is 12.9. The van der Waals surface area contributed by atoms with E-state index in [-0.39, 0.29) is 11.9 Å². The molecular formula is C21H21Cl3N4O2. The highest BCUT2D eigenvalue weighted by molar-refractivity contribution is 6.40. The van der Waals surface area contributed by atoms with Gasteiger partial charge in [-0.15, -0.1) is 0 Å². The molecule has 2 aromatic carbocycles. The quantitative estimate of drug-likeness (QED) is 0.697. The van der Waals surface area contributed by atoms with Gasteiger partial charge >= 0.3 is 0 Å². The molecule has 1 amide bonds. The molecule has 0 bridgehead atoms. The second-order valence-corrected chi connectivity index (χ2v) is 8.72. The van der Waals surface area contributed by atoms with E-state index in [1.165, 1.54) is 0 Å². The maximum atomic E-state index is 12.9. The molecule has 6 nitrogen and oxygen atoms in total. The number of anilines is 1. The predicted molar refractivity (Wildman–Crippen MR) is 120 cm³/mol. The molecule has 2 atom stereocenters. The van der Waals surface area contributed by atoms with Crippen LogP contribution >= 0.6 is 34.8 Å². The van der Waals surface area contributed by atoms with E-state index < -0.39 is 6.10 Å². The van der Waals surface area contributed by atoms with Gasteiger partial charge in [-0.1, -0.05) is 46.9 Å². The molecular weight excluding hydrogens is 447 g/mol. The smallest absolute Gasteiger partial charge is 0.281 e. The van der Waals surface area contributed by atoms with Crippen LogP contribution in [0.1, 0.15) is 30.9 Å². The molecule has 0 aliphatic carbocycles. The second kappa shape index (κ2) is 9.12. The summed E-state index contributed by atoms with van der Waals surface area (Å²) in [7, 11) is 0. The van der Waals surface area contributed by atoms with Crippen LogP contribution < -0.4 is 10.4 Å². The van der Waals surface area contributed by atoms with E-state index in [2.05, 4.69) is 10.5 Å². The first kappa shape index (κ1) is 21.4. The molecule has 0 aromatic heterocycles. The summed E-state index contributed by atoms with van der Waals surface area (Å²) in [6, 6.07) is 12.4. The van der Waals surface area contributed by atoms with Gasteiger partial charge in [0, 0.05) is 29.6 Å². The maximum Gasteiger partial charge on any atom is 0.281 e. The Labute approximate surface area is 190 Å². The highest BCUT2D eigenvalue weighted by Crippen LogP contribution is 2.39. The minimum absolute atomic E-state index is 0.214. The molecule has 0 spiro atoms. The number of hydrazone groups is 1. The third-order valence-corrected chi connectivity index (χ3v) is 6.03. The van der Waals surface area contributed by atoms with Gasteiger partial charge < -0.3 is 5.11 Å². The number of aliphatic hydroxyl groups excluding tert-OH is 1. The van der Waals surface area contributed by atoms with Crippen molar-refractivity contribution in [1.82, 2.24) is 10.4 Å². The van der Waals surface area contributed by atoms with Gasteiger partial charge in [-0.2, -0.15) is 5.10 Å². The summed E-state index contributed by atoms with van der Waals surface area (Å²) < 4.78 is 0. The average molecular weight is 468 g/mol. The number of amides is 1. The number of piperidine rings is 1. The zero-order valence-electron chi connectivity index (χ0n) is 16.1. The van der Waals surface area contributed by atoms with Crippen LogP contribution in [0.2, 0.25) is 15.1 Å². The molecule has 2 heterocycles. The van der Waals surface area contributed by atoms with Crippen LogP contribution in [0.3, 0.4) is 0 Å². The molecule has 1 saturated heterocycles. The van der Waals surface area contributed by atoms with Gasteiger partial charge in [0.2, 0.25) is 0 Å². The minimum Gasteiger partial charge on any atom is -0.392 e. The number of carbonyl (C=O) groups is 1. The minimum atomic E-state index is -0.434. The number of hydrazine groups is 1. The third kappa shape index (κ3) is 4.74. The molecule has 0 saturated carbocycles. The van der Waals surface area contributed by atoms with Gasteiger partial charge in [-0.05, 0) is 48.7 Å². The van der Waals surface area contributed by atoms with Crippen molar-refractivity contribution in [2.24, 2.45) is 5.10 Å². The molecule has 158 valence electrons. The zero-order chi connectivity index (χ0) is 21.3. The number of hydrogen-bond donors (Lipinski definition) is 2. The van der Waals surface area contributed by atoms with Crippen LogP contribution in [-0.2, 0) is 4.79 Å². The summed E-state index contributed by atoms with van der Waals surface area (Å²) in [5, 5.41) is 19.6. The number of hydrogen-bond acceptors (Lipinski definition) is 5. The Morgan fingerprint density at radius 2 is 1.83 bits per heavy atom. The number of nitrogens with one attached hydrogen (secondary N) is 1. The highest BCUT2D eigenvalue weighted by Gasteiger charge is 2.34. The lowest BCUT2D eigenvalue weighted by Gasteiger charge is -2.29. The van der Waals surface area contributed by atoms with Crippen molar-refractivity contribution in [2.45, 2.75) is 31.4 Å². The Hall–Kier alpha value is -1.83. The lowest BCUT2D eigenvalue weighted by molar-refractivity contribution is -0.120. The number of carbonyl (C=O) groups excluding carboxylic acids is 1. The molecule has 2 unspecified atom stereocenters. The van der Waals surface area contributed by atoms with Crippen LogP contribution in [0.5, 0.6) is 0 Å². The molecule has 30 heavy (non-hydrogen) atoms. The first-order valence-electron chi connectivity index (χ1n) is 9.72. The summed E-state index contributed by atoms with van der Waals surface area (Å²) in [5.41, 5.74) is 4.89. The Balaban J connectivity index is 1.61. The normalized spacial score (nSPS) is 22.1. The van der Waals surface area contributed by atoms with Crippen molar-refractivity contribution < 1.29 is 9.90 Å². The Morgan fingerprint density at radius 1 is 1.10 bits per heavy atom. The number of rotatable bonds is 4. The zero-order valence-corrected chi connectivity index (χ0v) is 18.3. The number of β-amino-alcohol motifs (C(OH)–C–C–N with tert-alkyl or cyclic N) is 1. The number of halogens is 3. The monoisotopic (exact) mass is 466 g/mol. The first-order chi connectivity index (χ1) is 14.4. The van der Waals surface area contributed by atoms with Crippen LogP contribution in [0.15, 0.2) is 47.6 Å². The van der Waals surface area contributed by atoms with E-state index in [1.54, 1.807) is 28.2 Å². The molecule has 9 heteroatoms. The van der Waals surface area contributed by atoms with Crippen LogP contribution in [0.25, 0.3) is 0 Å². The van der Waals surface area contributed by atoms with Crippen LogP contribution in [0.4, 0.5) is 5.69 Å². The highest BCUT2D eigenvalue weighted by atomic mass is 35.5. The Bertz CT molecular complexity index is 967. The lowest BCUT2D eigenvalue weighted by Crippen LogP contribution is -2.50. The van der Waals surface area contributed by atoms with E-state index in [0.29, 0.717) is 46.0 Å². The average Bonchev–Trinajstić information content (AvgIpc) is 3.14. The first-order valence-corrected chi connectivity index (χ1v) is 10.9. The fraction of sp³-hybridized carbons (Fsp3) is 0.333. The molecule has 4 rings (SSSR count). The lowest BCUT2D eigenvalue weighted by atomic mass is 10.0. The van der Waals surface area contributed by atoms with Crippen LogP contribution in [-0.4, -0.2) is 40.9 Å². The van der Waals surface area contributed by atoms with E-state index in [0.717, 1.165) is 18.4 Å². The van der Waals surface area contributed by atoms with Crippen molar-refractivity contribution >= 4 is 52.1 Å². The second-order valence-electron chi connectivity index (χ2n) is 7.44. The van der Waals surface area contributed by atoms with E-state index in [9.17, 15) is 9.90 Å². The predicted octanol–water partition coefficient (Wildman–Crippen LogP) is 4.44. The Kier molecular flexibility index (Phi) is 6.51. The van der Waals surface area contributed by atoms with Crippen molar-refractivity contribution in [3.63, 3.8) is 0 Å². The number of aliphatic hydroxyl groups is 1. The van der Waals surface area contributed by atoms with Gasteiger partial charge in [0.25, 0.3) is 5.91 Å². The fourth-order valence-corrected chi connectivity index (χ4v) is 4.37. The summed E-state index contributed by atoms with van der Waals surface area (Å²) in [5.74, 6) is -0.282. The van der Waals surface area contributed by atoms with Gasteiger partial charge in [-0.25, -0.2) is 5.01 Å².